The van der Waals surface area contributed by atoms with Crippen LogP contribution in [0.1, 0.15) is 11.3 Å². The lowest BCUT2D eigenvalue weighted by Crippen LogP contribution is -2.04. The number of nitrogen functional groups attached to an aromatic ring is 1. The number of ether oxygens (including phenoxy) is 1. The van der Waals surface area contributed by atoms with Gasteiger partial charge in [0.05, 0.1) is 7.11 Å². The fraction of sp³-hybridized carbons (Fsp3) is 0.100. The van der Waals surface area contributed by atoms with Crippen molar-refractivity contribution in [2.75, 3.05) is 12.8 Å². The van der Waals surface area contributed by atoms with E-state index >= 15 is 0 Å². The van der Waals surface area contributed by atoms with E-state index < -0.39 is 11.6 Å². The summed E-state index contributed by atoms with van der Waals surface area (Å²) in [6.07, 6.45) is 0. The van der Waals surface area contributed by atoms with Gasteiger partial charge in [0.15, 0.2) is 0 Å². The van der Waals surface area contributed by atoms with Crippen molar-refractivity contribution in [2.45, 2.75) is 6.92 Å². The number of aromatic nitrogens is 1. The standard InChI is InChI=1S/C20H15F2N3O/c1-11-18(12-3-6-14(26-2)7-4-12)19(16(10-23)20(24)25-11)15-8-5-13(21)9-17(15)22/h3-9H,1-2H3,(H2,24,25). The topological polar surface area (TPSA) is 71.9 Å². The number of benzene rings is 2. The molecule has 0 aliphatic rings. The third kappa shape index (κ3) is 2.95. The van der Waals surface area contributed by atoms with Gasteiger partial charge in [-0.25, -0.2) is 13.8 Å². The molecular weight excluding hydrogens is 336 g/mol. The zero-order valence-corrected chi connectivity index (χ0v) is 14.2. The van der Waals surface area contributed by atoms with Crippen LogP contribution in [0.4, 0.5) is 14.6 Å². The van der Waals surface area contributed by atoms with E-state index in [0.717, 1.165) is 12.1 Å². The van der Waals surface area contributed by atoms with E-state index in [-0.39, 0.29) is 16.9 Å². The van der Waals surface area contributed by atoms with E-state index in [2.05, 4.69) is 4.98 Å². The molecule has 0 atom stereocenters. The van der Waals surface area contributed by atoms with Gasteiger partial charge in [0.25, 0.3) is 0 Å². The Balaban J connectivity index is 2.38. The van der Waals surface area contributed by atoms with Crippen molar-refractivity contribution in [1.82, 2.24) is 4.98 Å². The van der Waals surface area contributed by atoms with Gasteiger partial charge in [-0.15, -0.1) is 0 Å². The molecule has 0 aliphatic carbocycles. The number of rotatable bonds is 3. The lowest BCUT2D eigenvalue weighted by atomic mass is 9.90. The predicted molar refractivity (Wildman–Crippen MR) is 95.4 cm³/mol. The van der Waals surface area contributed by atoms with Crippen molar-refractivity contribution in [3.05, 3.63) is 65.4 Å². The summed E-state index contributed by atoms with van der Waals surface area (Å²) in [7, 11) is 1.55. The van der Waals surface area contributed by atoms with Crippen molar-refractivity contribution in [3.63, 3.8) is 0 Å². The van der Waals surface area contributed by atoms with E-state index in [1.54, 1.807) is 38.3 Å². The Bertz CT molecular complexity index is 1020. The fourth-order valence-corrected chi connectivity index (χ4v) is 2.91. The quantitative estimate of drug-likeness (QED) is 0.756. The Kier molecular flexibility index (Phi) is 4.55. The molecular formula is C20H15F2N3O. The summed E-state index contributed by atoms with van der Waals surface area (Å²) in [4.78, 5) is 4.22. The molecule has 6 heteroatoms. The molecule has 2 aromatic carbocycles. The maximum absolute atomic E-state index is 14.5. The first kappa shape index (κ1) is 17.4. The highest BCUT2D eigenvalue weighted by Crippen LogP contribution is 2.40. The molecule has 2 N–H and O–H groups in total. The summed E-state index contributed by atoms with van der Waals surface area (Å²) in [6, 6.07) is 12.3. The van der Waals surface area contributed by atoms with Crippen LogP contribution in [0.15, 0.2) is 42.5 Å². The summed E-state index contributed by atoms with van der Waals surface area (Å²) < 4.78 is 33.0. The Hall–Kier alpha value is -3.46. The van der Waals surface area contributed by atoms with E-state index in [0.29, 0.717) is 28.1 Å². The first-order chi connectivity index (χ1) is 12.5. The molecule has 0 bridgehead atoms. The molecule has 0 amide bonds. The van der Waals surface area contributed by atoms with Gasteiger partial charge in [-0.2, -0.15) is 5.26 Å². The molecule has 0 saturated carbocycles. The number of pyridine rings is 1. The van der Waals surface area contributed by atoms with Crippen LogP contribution in [0, 0.1) is 29.9 Å². The fourth-order valence-electron chi connectivity index (χ4n) is 2.91. The normalized spacial score (nSPS) is 10.4. The van der Waals surface area contributed by atoms with E-state index in [1.807, 2.05) is 6.07 Å². The molecule has 130 valence electrons. The Morgan fingerprint density at radius 1 is 1.08 bits per heavy atom. The van der Waals surface area contributed by atoms with E-state index in [1.165, 1.54) is 6.07 Å². The summed E-state index contributed by atoms with van der Waals surface area (Å²) in [6.45, 7) is 1.72. The second kappa shape index (κ2) is 6.81. The molecule has 1 aromatic heterocycles. The SMILES string of the molecule is COc1ccc(-c2c(C)nc(N)c(C#N)c2-c2ccc(F)cc2F)cc1. The van der Waals surface area contributed by atoms with Crippen LogP contribution in [0.5, 0.6) is 5.75 Å². The number of aryl methyl sites for hydroxylation is 1. The number of nitrogens with two attached hydrogens (primary N) is 1. The minimum atomic E-state index is -0.777. The van der Waals surface area contributed by atoms with Crippen LogP contribution >= 0.6 is 0 Å². The Labute approximate surface area is 149 Å². The molecule has 3 rings (SSSR count). The average Bonchev–Trinajstić information content (AvgIpc) is 2.61. The minimum Gasteiger partial charge on any atom is -0.497 e. The largest absolute Gasteiger partial charge is 0.497 e. The van der Waals surface area contributed by atoms with Crippen LogP contribution in [-0.4, -0.2) is 12.1 Å². The van der Waals surface area contributed by atoms with Crippen molar-refractivity contribution >= 4 is 5.82 Å². The van der Waals surface area contributed by atoms with Crippen molar-refractivity contribution in [2.24, 2.45) is 0 Å². The number of hydrogen-bond acceptors (Lipinski definition) is 4. The zero-order chi connectivity index (χ0) is 18.8. The zero-order valence-electron chi connectivity index (χ0n) is 14.2. The molecule has 3 aromatic rings. The van der Waals surface area contributed by atoms with Crippen LogP contribution in [0.2, 0.25) is 0 Å². The second-order valence-electron chi connectivity index (χ2n) is 5.67. The molecule has 0 aliphatic heterocycles. The highest BCUT2D eigenvalue weighted by molar-refractivity contribution is 5.91. The number of hydrogen-bond donors (Lipinski definition) is 1. The first-order valence-corrected chi connectivity index (χ1v) is 7.76. The van der Waals surface area contributed by atoms with Gasteiger partial charge in [-0.3, -0.25) is 0 Å². The number of methoxy groups -OCH3 is 1. The minimum absolute atomic E-state index is 0.000914. The van der Waals surface area contributed by atoms with Gasteiger partial charge >= 0.3 is 0 Å². The summed E-state index contributed by atoms with van der Waals surface area (Å²) in [5.41, 5.74) is 8.13. The van der Waals surface area contributed by atoms with Crippen molar-refractivity contribution in [3.8, 4) is 34.1 Å². The third-order valence-corrected chi connectivity index (χ3v) is 4.10. The molecule has 0 unspecified atom stereocenters. The Morgan fingerprint density at radius 2 is 1.77 bits per heavy atom. The smallest absolute Gasteiger partial charge is 0.142 e. The second-order valence-corrected chi connectivity index (χ2v) is 5.67. The summed E-state index contributed by atoms with van der Waals surface area (Å²) in [5, 5.41) is 9.56. The molecule has 26 heavy (non-hydrogen) atoms. The molecule has 0 radical (unpaired) electrons. The number of anilines is 1. The molecule has 4 nitrogen and oxygen atoms in total. The molecule has 0 fully saturated rings. The van der Waals surface area contributed by atoms with Gasteiger partial charge in [0.1, 0.15) is 34.8 Å². The van der Waals surface area contributed by atoms with Gasteiger partial charge in [-0.1, -0.05) is 12.1 Å². The van der Waals surface area contributed by atoms with Gasteiger partial charge < -0.3 is 10.5 Å². The van der Waals surface area contributed by atoms with Crippen molar-refractivity contribution < 1.29 is 13.5 Å². The van der Waals surface area contributed by atoms with E-state index in [4.69, 9.17) is 10.5 Å². The highest BCUT2D eigenvalue weighted by Gasteiger charge is 2.22. The van der Waals surface area contributed by atoms with Gasteiger partial charge in [-0.05, 0) is 36.8 Å². The van der Waals surface area contributed by atoms with Crippen LogP contribution in [-0.2, 0) is 0 Å². The lowest BCUT2D eigenvalue weighted by Gasteiger charge is -2.17. The molecule has 1 heterocycles. The summed E-state index contributed by atoms with van der Waals surface area (Å²) >= 11 is 0. The maximum Gasteiger partial charge on any atom is 0.142 e. The van der Waals surface area contributed by atoms with Crippen molar-refractivity contribution in [1.29, 1.82) is 5.26 Å². The monoisotopic (exact) mass is 351 g/mol. The number of nitrogens with zero attached hydrogens (tertiary/aromatic N) is 2. The third-order valence-electron chi connectivity index (χ3n) is 4.10. The van der Waals surface area contributed by atoms with Crippen LogP contribution in [0.25, 0.3) is 22.3 Å². The van der Waals surface area contributed by atoms with Gasteiger partial charge in [0, 0.05) is 28.5 Å². The predicted octanol–water partition coefficient (Wildman–Crippen LogP) is 4.46. The van der Waals surface area contributed by atoms with Crippen LogP contribution < -0.4 is 10.5 Å². The first-order valence-electron chi connectivity index (χ1n) is 7.76. The lowest BCUT2D eigenvalue weighted by molar-refractivity contribution is 0.415. The number of nitriles is 1. The Morgan fingerprint density at radius 3 is 2.35 bits per heavy atom. The highest BCUT2D eigenvalue weighted by atomic mass is 19.1. The van der Waals surface area contributed by atoms with E-state index in [9.17, 15) is 14.0 Å². The molecule has 0 spiro atoms. The number of halogens is 2. The van der Waals surface area contributed by atoms with Crippen LogP contribution in [0.3, 0.4) is 0 Å². The maximum atomic E-state index is 14.5. The molecule has 0 saturated heterocycles. The van der Waals surface area contributed by atoms with Gasteiger partial charge in [0.2, 0.25) is 0 Å². The average molecular weight is 351 g/mol. The summed E-state index contributed by atoms with van der Waals surface area (Å²) in [5.74, 6) is -0.818.